The summed E-state index contributed by atoms with van der Waals surface area (Å²) >= 11 is 0. The van der Waals surface area contributed by atoms with Gasteiger partial charge < -0.3 is 18.9 Å². The van der Waals surface area contributed by atoms with Crippen LogP contribution in [0.3, 0.4) is 0 Å². The number of fused-ring (bicyclic) bond motifs is 1. The summed E-state index contributed by atoms with van der Waals surface area (Å²) in [6, 6.07) is 18.2. The molecule has 0 radical (unpaired) electrons. The molecule has 1 saturated heterocycles. The number of hydrogen-bond acceptors (Lipinski definition) is 9. The highest BCUT2D eigenvalue weighted by atomic mass is 16.5. The molecule has 0 spiro atoms. The fraction of sp³-hybridized carbons (Fsp3) is 0.241. The molecule has 38 heavy (non-hydrogen) atoms. The highest BCUT2D eigenvalue weighted by Gasteiger charge is 2.21. The minimum absolute atomic E-state index is 0.449. The molecule has 0 saturated carbocycles. The summed E-state index contributed by atoms with van der Waals surface area (Å²) in [5.74, 6) is 2.46. The smallest absolute Gasteiger partial charge is 0.258 e. The van der Waals surface area contributed by atoms with E-state index in [0.717, 1.165) is 53.8 Å². The first-order valence-corrected chi connectivity index (χ1v) is 12.5. The molecule has 9 nitrogen and oxygen atoms in total. The molecule has 3 aromatic heterocycles. The van der Waals surface area contributed by atoms with Crippen molar-refractivity contribution >= 4 is 16.6 Å². The van der Waals surface area contributed by atoms with Crippen molar-refractivity contribution in [1.29, 1.82) is 0 Å². The molecule has 9 heteroatoms. The molecule has 0 amide bonds. The van der Waals surface area contributed by atoms with E-state index >= 15 is 0 Å². The van der Waals surface area contributed by atoms with Gasteiger partial charge in [-0.1, -0.05) is 17.3 Å². The third kappa shape index (κ3) is 4.88. The summed E-state index contributed by atoms with van der Waals surface area (Å²) in [6.07, 6.45) is 5.53. The Morgan fingerprint density at radius 2 is 1.55 bits per heavy atom. The summed E-state index contributed by atoms with van der Waals surface area (Å²) in [4.78, 5) is 18.2. The number of aromatic nitrogens is 4. The molecule has 0 atom stereocenters. The second kappa shape index (κ2) is 10.5. The van der Waals surface area contributed by atoms with Gasteiger partial charge >= 0.3 is 0 Å². The molecule has 1 aliphatic rings. The lowest BCUT2D eigenvalue weighted by molar-refractivity contribution is 0.240. The van der Waals surface area contributed by atoms with Crippen molar-refractivity contribution in [3.05, 3.63) is 79.0 Å². The van der Waals surface area contributed by atoms with Crippen LogP contribution in [0.1, 0.15) is 5.82 Å². The fourth-order valence-electron chi connectivity index (χ4n) is 4.85. The molecular formula is C29H28N6O3. The highest BCUT2D eigenvalue weighted by Crippen LogP contribution is 2.31. The van der Waals surface area contributed by atoms with Crippen molar-refractivity contribution in [2.45, 2.75) is 6.54 Å². The molecule has 2 aromatic carbocycles. The molecule has 0 unspecified atom stereocenters. The van der Waals surface area contributed by atoms with Crippen molar-refractivity contribution < 1.29 is 14.0 Å². The van der Waals surface area contributed by atoms with E-state index in [1.54, 1.807) is 14.2 Å². The SMILES string of the molecule is COc1cc(OC)cc(-c2nc(CN3CCN(c4ccnc5cc(-c6ccncc6)ccc45)CC3)no2)c1. The lowest BCUT2D eigenvalue weighted by Gasteiger charge is -2.36. The lowest BCUT2D eigenvalue weighted by atomic mass is 10.0. The van der Waals surface area contributed by atoms with Crippen molar-refractivity contribution in [2.24, 2.45) is 0 Å². The maximum atomic E-state index is 5.55. The quantitative estimate of drug-likeness (QED) is 0.311. The number of piperazine rings is 1. The van der Waals surface area contributed by atoms with Gasteiger partial charge in [-0.25, -0.2) is 0 Å². The Balaban J connectivity index is 1.13. The summed E-state index contributed by atoms with van der Waals surface area (Å²) in [7, 11) is 3.23. The van der Waals surface area contributed by atoms with E-state index in [1.807, 2.05) is 48.9 Å². The van der Waals surface area contributed by atoms with E-state index < -0.39 is 0 Å². The van der Waals surface area contributed by atoms with Crippen LogP contribution in [-0.4, -0.2) is 65.4 Å². The van der Waals surface area contributed by atoms with Gasteiger partial charge in [0.1, 0.15) is 11.5 Å². The van der Waals surface area contributed by atoms with Gasteiger partial charge in [-0.2, -0.15) is 4.98 Å². The summed E-state index contributed by atoms with van der Waals surface area (Å²) in [6.45, 7) is 4.24. The number of benzene rings is 2. The van der Waals surface area contributed by atoms with E-state index in [-0.39, 0.29) is 0 Å². The average molecular weight is 509 g/mol. The molecule has 192 valence electrons. The van der Waals surface area contributed by atoms with E-state index in [2.05, 4.69) is 54.2 Å². The summed E-state index contributed by atoms with van der Waals surface area (Å²) in [5.41, 5.74) is 5.25. The average Bonchev–Trinajstić information content (AvgIpc) is 3.45. The zero-order valence-corrected chi connectivity index (χ0v) is 21.4. The standard InChI is InChI=1S/C29H28N6O3/c1-36-23-15-22(16-24(18-23)37-2)29-32-28(33-38-29)19-34-11-13-35(14-12-34)27-7-10-31-26-17-21(3-4-25(26)27)20-5-8-30-9-6-20/h3-10,15-18H,11-14,19H2,1-2H3. The third-order valence-corrected chi connectivity index (χ3v) is 6.88. The van der Waals surface area contributed by atoms with Crippen molar-refractivity contribution in [1.82, 2.24) is 25.0 Å². The molecule has 5 aromatic rings. The monoisotopic (exact) mass is 508 g/mol. The molecule has 1 aliphatic heterocycles. The van der Waals surface area contributed by atoms with Crippen LogP contribution in [0.5, 0.6) is 11.5 Å². The van der Waals surface area contributed by atoms with Gasteiger partial charge in [0, 0.05) is 67.5 Å². The summed E-state index contributed by atoms with van der Waals surface area (Å²) in [5, 5.41) is 5.38. The van der Waals surface area contributed by atoms with Gasteiger partial charge in [0.15, 0.2) is 5.82 Å². The lowest BCUT2D eigenvalue weighted by Crippen LogP contribution is -2.46. The molecule has 0 aliphatic carbocycles. The Morgan fingerprint density at radius 1 is 0.789 bits per heavy atom. The predicted octanol–water partition coefficient (Wildman–Crippen LogP) is 4.69. The maximum Gasteiger partial charge on any atom is 0.258 e. The minimum Gasteiger partial charge on any atom is -0.497 e. The summed E-state index contributed by atoms with van der Waals surface area (Å²) < 4.78 is 16.3. The second-order valence-electron chi connectivity index (χ2n) is 9.18. The van der Waals surface area contributed by atoms with Crippen LogP contribution >= 0.6 is 0 Å². The first-order valence-electron chi connectivity index (χ1n) is 12.5. The first kappa shape index (κ1) is 23.9. The van der Waals surface area contributed by atoms with Crippen molar-refractivity contribution in [3.63, 3.8) is 0 Å². The van der Waals surface area contributed by atoms with Gasteiger partial charge in [0.05, 0.1) is 26.3 Å². The zero-order chi connectivity index (χ0) is 25.9. The molecule has 6 rings (SSSR count). The number of rotatable bonds is 7. The van der Waals surface area contributed by atoms with Crippen LogP contribution in [0.2, 0.25) is 0 Å². The number of nitrogens with zero attached hydrogens (tertiary/aromatic N) is 6. The van der Waals surface area contributed by atoms with E-state index in [4.69, 9.17) is 14.0 Å². The maximum absolute atomic E-state index is 5.55. The van der Waals surface area contributed by atoms with E-state index in [9.17, 15) is 0 Å². The van der Waals surface area contributed by atoms with Crippen molar-refractivity contribution in [2.75, 3.05) is 45.3 Å². The minimum atomic E-state index is 0.449. The zero-order valence-electron chi connectivity index (χ0n) is 21.4. The Labute approximate surface area is 220 Å². The van der Waals surface area contributed by atoms with Crippen LogP contribution in [0.15, 0.2) is 77.7 Å². The van der Waals surface area contributed by atoms with Crippen LogP contribution < -0.4 is 14.4 Å². The van der Waals surface area contributed by atoms with Crippen LogP contribution in [0, 0.1) is 0 Å². The number of hydrogen-bond donors (Lipinski definition) is 0. The number of methoxy groups -OCH3 is 2. The van der Waals surface area contributed by atoms with Crippen LogP contribution in [0.25, 0.3) is 33.5 Å². The predicted molar refractivity (Wildman–Crippen MR) is 145 cm³/mol. The Hall–Kier alpha value is -4.50. The Bertz CT molecular complexity index is 1520. The van der Waals surface area contributed by atoms with Gasteiger partial charge in [-0.15, -0.1) is 0 Å². The van der Waals surface area contributed by atoms with Crippen LogP contribution in [-0.2, 0) is 6.54 Å². The Morgan fingerprint density at radius 3 is 2.29 bits per heavy atom. The van der Waals surface area contributed by atoms with E-state index in [0.29, 0.717) is 29.8 Å². The first-order chi connectivity index (χ1) is 18.7. The Kier molecular flexibility index (Phi) is 6.58. The number of pyridine rings is 2. The van der Waals surface area contributed by atoms with Gasteiger partial charge in [-0.05, 0) is 47.5 Å². The molecule has 0 bridgehead atoms. The fourth-order valence-corrected chi connectivity index (χ4v) is 4.85. The van der Waals surface area contributed by atoms with Crippen molar-refractivity contribution in [3.8, 4) is 34.1 Å². The second-order valence-corrected chi connectivity index (χ2v) is 9.18. The number of anilines is 1. The molecule has 0 N–H and O–H groups in total. The molecule has 4 heterocycles. The highest BCUT2D eigenvalue weighted by molar-refractivity contribution is 5.94. The van der Waals surface area contributed by atoms with Crippen LogP contribution in [0.4, 0.5) is 5.69 Å². The van der Waals surface area contributed by atoms with E-state index in [1.165, 1.54) is 5.69 Å². The largest absolute Gasteiger partial charge is 0.497 e. The third-order valence-electron chi connectivity index (χ3n) is 6.88. The van der Waals surface area contributed by atoms with Gasteiger partial charge in [0.25, 0.3) is 5.89 Å². The molecular weight excluding hydrogens is 480 g/mol. The van der Waals surface area contributed by atoms with Gasteiger partial charge in [0.2, 0.25) is 0 Å². The number of ether oxygens (including phenoxy) is 2. The topological polar surface area (TPSA) is 89.6 Å². The normalized spacial score (nSPS) is 14.1. The molecule has 1 fully saturated rings. The van der Waals surface area contributed by atoms with Gasteiger partial charge in [-0.3, -0.25) is 14.9 Å².